The van der Waals surface area contributed by atoms with E-state index in [0.29, 0.717) is 0 Å². The van der Waals surface area contributed by atoms with Crippen LogP contribution in [0, 0.1) is 0 Å². The molecule has 4 atom stereocenters. The minimum absolute atomic E-state index is 0.0207. The lowest BCUT2D eigenvalue weighted by Crippen LogP contribution is -2.36. The monoisotopic (exact) mass is 822 g/mol. The Morgan fingerprint density at radius 3 is 1.62 bits per heavy atom. The van der Waals surface area contributed by atoms with Crippen LogP contribution in [-0.2, 0) is 28.5 Å². The molecule has 0 unspecified atom stereocenters. The van der Waals surface area contributed by atoms with Gasteiger partial charge in [-0.1, -0.05) is 13.2 Å². The minimum atomic E-state index is -0.844. The van der Waals surface area contributed by atoms with Crippen LogP contribution < -0.4 is 28.4 Å². The van der Waals surface area contributed by atoms with Crippen LogP contribution in [0.5, 0.6) is 34.5 Å². The van der Waals surface area contributed by atoms with Crippen molar-refractivity contribution >= 4 is 35.8 Å². The van der Waals surface area contributed by atoms with E-state index in [2.05, 4.69) is 13.2 Å². The van der Waals surface area contributed by atoms with Crippen molar-refractivity contribution in [2.24, 2.45) is 0 Å². The van der Waals surface area contributed by atoms with Crippen LogP contribution >= 0.6 is 0 Å². The Morgan fingerprint density at radius 2 is 1.02 bits per heavy atom. The summed E-state index contributed by atoms with van der Waals surface area (Å²) in [5.74, 6) is -3.37. The molecule has 310 valence electrons. The van der Waals surface area contributed by atoms with E-state index in [4.69, 9.17) is 47.4 Å². The lowest BCUT2D eigenvalue weighted by atomic mass is 10.1. The van der Waals surface area contributed by atoms with Crippen molar-refractivity contribution < 1.29 is 76.1 Å². The summed E-state index contributed by atoms with van der Waals surface area (Å²) in [6, 6.07) is 19.8. The summed E-state index contributed by atoms with van der Waals surface area (Å²) in [7, 11) is 0. The first-order valence-corrected chi connectivity index (χ1v) is 18.5. The summed E-state index contributed by atoms with van der Waals surface area (Å²) in [5, 5.41) is 0. The van der Waals surface area contributed by atoms with Gasteiger partial charge in [0.15, 0.2) is 23.7 Å². The molecule has 0 saturated carbocycles. The highest BCUT2D eigenvalue weighted by Gasteiger charge is 2.51. The molecule has 16 heteroatoms. The number of rotatable bonds is 16. The van der Waals surface area contributed by atoms with E-state index in [-0.39, 0.29) is 83.2 Å². The lowest BCUT2D eigenvalue weighted by molar-refractivity contribution is -0.129. The van der Waals surface area contributed by atoms with Gasteiger partial charge in [-0.05, 0) is 92.7 Å². The highest BCUT2D eigenvalue weighted by Crippen LogP contribution is 2.34. The van der Waals surface area contributed by atoms with Crippen molar-refractivity contribution in [3.63, 3.8) is 0 Å². The Hall–Kier alpha value is -7.30. The van der Waals surface area contributed by atoms with Crippen molar-refractivity contribution in [2.45, 2.75) is 38.3 Å². The first-order valence-electron chi connectivity index (χ1n) is 18.5. The van der Waals surface area contributed by atoms with Crippen molar-refractivity contribution in [2.75, 3.05) is 26.4 Å². The summed E-state index contributed by atoms with van der Waals surface area (Å²) in [6.45, 7) is 10.5. The summed E-state index contributed by atoms with van der Waals surface area (Å²) >= 11 is 0. The van der Waals surface area contributed by atoms with E-state index < -0.39 is 60.2 Å². The molecule has 2 saturated heterocycles. The van der Waals surface area contributed by atoms with Crippen molar-refractivity contribution in [3.8, 4) is 34.5 Å². The zero-order valence-electron chi connectivity index (χ0n) is 32.3. The van der Waals surface area contributed by atoms with E-state index in [9.17, 15) is 28.8 Å². The standard InChI is InChI=1S/C44H38O16/c1-5-37(45)55-28-14-9-25(10-15-28)41(47)57-30-18-19-31(33(22-30)51-7-3)44(50)60-36-24-54-39-35(23-53-40(36)39)59-42(48)26-11-16-29(17-12-26)56-43(49)27-13-20-32(58-38(46)6-2)34(21-27)52-8-4/h5-6,9-22,35-36,39-40H,1-2,7-8,23-24H2,3-4H3/t35-,36-,39-,40-/m1/s1. The number of carbonyl (C=O) groups excluding carboxylic acids is 6. The van der Waals surface area contributed by atoms with Gasteiger partial charge in [-0.25, -0.2) is 28.8 Å². The Labute approximate surface area is 343 Å². The Bertz CT molecular complexity index is 2280. The third-order valence-electron chi connectivity index (χ3n) is 8.79. The van der Waals surface area contributed by atoms with Gasteiger partial charge in [0.2, 0.25) is 0 Å². The zero-order chi connectivity index (χ0) is 42.8. The third kappa shape index (κ3) is 10.2. The average molecular weight is 823 g/mol. The normalized spacial score (nSPS) is 17.6. The fraction of sp³-hybridized carbons (Fsp3) is 0.227. The van der Waals surface area contributed by atoms with Crippen LogP contribution in [0.4, 0.5) is 0 Å². The van der Waals surface area contributed by atoms with Crippen molar-refractivity contribution in [1.82, 2.24) is 0 Å². The molecule has 16 nitrogen and oxygen atoms in total. The molecule has 0 radical (unpaired) electrons. The molecule has 4 aromatic carbocycles. The highest BCUT2D eigenvalue weighted by molar-refractivity contribution is 5.95. The van der Waals surface area contributed by atoms with Gasteiger partial charge in [-0.15, -0.1) is 0 Å². The second kappa shape index (κ2) is 19.4. The summed E-state index contributed by atoms with van der Waals surface area (Å²) in [6.07, 6.45) is -1.11. The minimum Gasteiger partial charge on any atom is -0.493 e. The molecule has 0 N–H and O–H groups in total. The Morgan fingerprint density at radius 1 is 0.533 bits per heavy atom. The molecule has 6 rings (SSSR count). The number of fused-ring (bicyclic) bond motifs is 1. The number of hydrogen-bond acceptors (Lipinski definition) is 16. The van der Waals surface area contributed by atoms with Crippen LogP contribution in [0.2, 0.25) is 0 Å². The average Bonchev–Trinajstić information content (AvgIpc) is 3.84. The molecule has 2 fully saturated rings. The van der Waals surface area contributed by atoms with E-state index in [1.807, 2.05) is 0 Å². The molecule has 2 aliphatic rings. The first kappa shape index (κ1) is 42.3. The van der Waals surface area contributed by atoms with Crippen molar-refractivity contribution in [1.29, 1.82) is 0 Å². The molecule has 0 aliphatic carbocycles. The summed E-state index contributed by atoms with van der Waals surface area (Å²) in [4.78, 5) is 75.2. The molecular weight excluding hydrogens is 784 g/mol. The van der Waals surface area contributed by atoms with Gasteiger partial charge in [0.1, 0.15) is 40.8 Å². The number of carbonyl (C=O) groups is 6. The number of ether oxygens (including phenoxy) is 10. The maximum absolute atomic E-state index is 13.4. The van der Waals surface area contributed by atoms with Gasteiger partial charge < -0.3 is 47.4 Å². The van der Waals surface area contributed by atoms with Gasteiger partial charge in [-0.2, -0.15) is 0 Å². The quantitative estimate of drug-likeness (QED) is 0.0763. The molecule has 60 heavy (non-hydrogen) atoms. The van der Waals surface area contributed by atoms with E-state index in [0.717, 1.165) is 12.2 Å². The molecule has 0 amide bonds. The second-order valence-corrected chi connectivity index (χ2v) is 12.7. The van der Waals surface area contributed by atoms with Crippen LogP contribution in [0.25, 0.3) is 0 Å². The van der Waals surface area contributed by atoms with Crippen LogP contribution in [0.1, 0.15) is 55.3 Å². The zero-order valence-corrected chi connectivity index (χ0v) is 32.3. The molecule has 0 bridgehead atoms. The van der Waals surface area contributed by atoms with E-state index in [1.165, 1.54) is 84.9 Å². The third-order valence-corrected chi connectivity index (χ3v) is 8.79. The number of hydrogen-bond donors (Lipinski definition) is 0. The highest BCUT2D eigenvalue weighted by atomic mass is 16.7. The Kier molecular flexibility index (Phi) is 13.7. The predicted molar refractivity (Wildman–Crippen MR) is 208 cm³/mol. The summed E-state index contributed by atoms with van der Waals surface area (Å²) in [5.41, 5.74) is 0.520. The number of esters is 6. The molecule has 0 aromatic heterocycles. The maximum Gasteiger partial charge on any atom is 0.343 e. The van der Waals surface area contributed by atoms with Crippen LogP contribution in [-0.4, -0.2) is 86.7 Å². The lowest BCUT2D eigenvalue weighted by Gasteiger charge is -2.18. The van der Waals surface area contributed by atoms with Gasteiger partial charge in [0.25, 0.3) is 0 Å². The van der Waals surface area contributed by atoms with Crippen LogP contribution in [0.3, 0.4) is 0 Å². The fourth-order valence-electron chi connectivity index (χ4n) is 5.99. The largest absolute Gasteiger partial charge is 0.493 e. The van der Waals surface area contributed by atoms with Gasteiger partial charge in [0, 0.05) is 18.2 Å². The summed E-state index contributed by atoms with van der Waals surface area (Å²) < 4.78 is 55.4. The Balaban J connectivity index is 1.01. The van der Waals surface area contributed by atoms with Crippen LogP contribution in [0.15, 0.2) is 110 Å². The van der Waals surface area contributed by atoms with Gasteiger partial charge >= 0.3 is 35.8 Å². The smallest absolute Gasteiger partial charge is 0.343 e. The SMILES string of the molecule is C=CC(=O)Oc1ccc(C(=O)Oc2ccc(C(=O)O[C@@H]3CO[C@H]4[C@@H]3OC[C@H]4OC(=O)c3ccc(OC(=O)c4ccc(OC(=O)C=C)c(OCC)c4)cc3)c(OCC)c2)cc1. The molecule has 2 heterocycles. The van der Waals surface area contributed by atoms with E-state index in [1.54, 1.807) is 13.8 Å². The molecule has 2 aliphatic heterocycles. The van der Waals surface area contributed by atoms with Gasteiger partial charge in [-0.3, -0.25) is 0 Å². The molecule has 0 spiro atoms. The van der Waals surface area contributed by atoms with Crippen molar-refractivity contribution in [3.05, 3.63) is 132 Å². The van der Waals surface area contributed by atoms with Gasteiger partial charge in [0.05, 0.1) is 43.1 Å². The fourth-order valence-corrected chi connectivity index (χ4v) is 5.99. The molecule has 4 aromatic rings. The number of benzene rings is 4. The second-order valence-electron chi connectivity index (χ2n) is 12.7. The molecular formula is C44H38O16. The predicted octanol–water partition coefficient (Wildman–Crippen LogP) is 5.65. The maximum atomic E-state index is 13.4. The van der Waals surface area contributed by atoms with E-state index >= 15 is 0 Å². The first-order chi connectivity index (χ1) is 29.0. The topological polar surface area (TPSA) is 195 Å².